The van der Waals surface area contributed by atoms with Crippen LogP contribution in [0.3, 0.4) is 0 Å². The Labute approximate surface area is 202 Å². The number of Topliss-reactive ketones (excluding diaryl/α,β-unsaturated/α-hetero) is 1. The lowest BCUT2D eigenvalue weighted by molar-refractivity contribution is -0.140. The van der Waals surface area contributed by atoms with Gasteiger partial charge in [-0.15, -0.1) is 0 Å². The summed E-state index contributed by atoms with van der Waals surface area (Å²) in [7, 11) is 0. The molecule has 5 amide bonds. The van der Waals surface area contributed by atoms with E-state index in [1.807, 2.05) is 42.5 Å². The predicted octanol–water partition coefficient (Wildman–Crippen LogP) is -0.585. The number of benzene rings is 2. The van der Waals surface area contributed by atoms with Crippen LogP contribution in [0.4, 0.5) is 0 Å². The van der Waals surface area contributed by atoms with Crippen molar-refractivity contribution in [2.45, 2.75) is 51.9 Å². The summed E-state index contributed by atoms with van der Waals surface area (Å²) in [6.07, 6.45) is -0.543. The Balaban J connectivity index is 1.99. The number of hydrogen-bond acceptors (Lipinski definition) is 6. The second-order valence-electron chi connectivity index (χ2n) is 8.07. The first kappa shape index (κ1) is 27.0. The zero-order valence-electron chi connectivity index (χ0n) is 19.7. The van der Waals surface area contributed by atoms with E-state index in [1.165, 1.54) is 20.8 Å². The van der Waals surface area contributed by atoms with Crippen molar-refractivity contribution in [2.75, 3.05) is 0 Å². The minimum Gasteiger partial charge on any atom is -0.370 e. The van der Waals surface area contributed by atoms with Crippen LogP contribution < -0.4 is 27.0 Å². The normalized spacial score (nSPS) is 13.1. The number of nitrogens with two attached hydrogens (primary N) is 1. The molecule has 0 unspecified atom stereocenters. The monoisotopic (exact) mass is 483 g/mol. The highest BCUT2D eigenvalue weighted by Crippen LogP contribution is 2.18. The fourth-order valence-electron chi connectivity index (χ4n) is 3.36. The van der Waals surface area contributed by atoms with Gasteiger partial charge in [0.1, 0.15) is 12.1 Å². The summed E-state index contributed by atoms with van der Waals surface area (Å²) >= 11 is 0. The first-order valence-electron chi connectivity index (χ1n) is 10.9. The fourth-order valence-corrected chi connectivity index (χ4v) is 3.36. The van der Waals surface area contributed by atoms with Crippen LogP contribution in [0, 0.1) is 0 Å². The Morgan fingerprint density at radius 2 is 1.49 bits per heavy atom. The van der Waals surface area contributed by atoms with Crippen molar-refractivity contribution in [3.63, 3.8) is 0 Å². The van der Waals surface area contributed by atoms with Gasteiger partial charge in [0, 0.05) is 13.5 Å². The molecular formula is C24H29N5O6. The molecule has 3 atom stereocenters. The number of carbonyl (C=O) groups excluding carboxylic acids is 6. The van der Waals surface area contributed by atoms with E-state index < -0.39 is 59.9 Å². The number of ketones is 1. The zero-order chi connectivity index (χ0) is 26.1. The quantitative estimate of drug-likeness (QED) is 0.267. The van der Waals surface area contributed by atoms with Gasteiger partial charge < -0.3 is 27.0 Å². The second-order valence-corrected chi connectivity index (χ2v) is 8.07. The van der Waals surface area contributed by atoms with E-state index in [9.17, 15) is 28.8 Å². The molecule has 2 aromatic carbocycles. The third-order valence-corrected chi connectivity index (χ3v) is 5.15. The van der Waals surface area contributed by atoms with Crippen molar-refractivity contribution < 1.29 is 28.8 Å². The fraction of sp³-hybridized carbons (Fsp3) is 0.333. The lowest BCUT2D eigenvalue weighted by atomic mass is 10.0. The van der Waals surface area contributed by atoms with Crippen molar-refractivity contribution in [1.82, 2.24) is 21.3 Å². The van der Waals surface area contributed by atoms with Crippen molar-refractivity contribution in [1.29, 1.82) is 0 Å². The molecule has 0 aliphatic rings. The highest BCUT2D eigenvalue weighted by molar-refractivity contribution is 6.38. The zero-order valence-corrected chi connectivity index (χ0v) is 19.7. The molecule has 0 saturated carbocycles. The van der Waals surface area contributed by atoms with Gasteiger partial charge in [0.2, 0.25) is 29.4 Å². The minimum absolute atomic E-state index is 0.105. The Morgan fingerprint density at radius 1 is 0.829 bits per heavy atom. The first-order valence-corrected chi connectivity index (χ1v) is 10.9. The summed E-state index contributed by atoms with van der Waals surface area (Å²) in [6.45, 7) is 4.02. The van der Waals surface area contributed by atoms with Crippen LogP contribution in [0.25, 0.3) is 10.8 Å². The molecule has 6 N–H and O–H groups in total. The van der Waals surface area contributed by atoms with Gasteiger partial charge in [-0.25, -0.2) is 0 Å². The summed E-state index contributed by atoms with van der Waals surface area (Å²) in [6, 6.07) is 9.59. The Kier molecular flexibility index (Phi) is 9.44. The van der Waals surface area contributed by atoms with Gasteiger partial charge in [-0.05, 0) is 30.2 Å². The number of fused-ring (bicyclic) bond motifs is 1. The summed E-state index contributed by atoms with van der Waals surface area (Å²) in [5.74, 6) is -4.75. The van der Waals surface area contributed by atoms with Gasteiger partial charge in [0.25, 0.3) is 5.91 Å². The van der Waals surface area contributed by atoms with E-state index in [-0.39, 0.29) is 6.54 Å². The van der Waals surface area contributed by atoms with Crippen LogP contribution in [0.2, 0.25) is 0 Å². The molecule has 0 spiro atoms. The molecule has 11 heteroatoms. The lowest BCUT2D eigenvalue weighted by Crippen LogP contribution is -2.56. The van der Waals surface area contributed by atoms with Crippen LogP contribution in [-0.4, -0.2) is 53.4 Å². The molecule has 0 aliphatic heterocycles. The molecular weight excluding hydrogens is 454 g/mol. The van der Waals surface area contributed by atoms with Crippen LogP contribution in [-0.2, 0) is 35.3 Å². The van der Waals surface area contributed by atoms with E-state index in [2.05, 4.69) is 21.3 Å². The molecule has 0 heterocycles. The van der Waals surface area contributed by atoms with Gasteiger partial charge in [-0.2, -0.15) is 0 Å². The third-order valence-electron chi connectivity index (χ3n) is 5.15. The third kappa shape index (κ3) is 7.91. The van der Waals surface area contributed by atoms with Crippen LogP contribution in [0.15, 0.2) is 42.5 Å². The molecule has 0 bridgehead atoms. The average Bonchev–Trinajstić information content (AvgIpc) is 2.80. The van der Waals surface area contributed by atoms with Crippen molar-refractivity contribution in [2.24, 2.45) is 5.73 Å². The predicted molar refractivity (Wildman–Crippen MR) is 127 cm³/mol. The van der Waals surface area contributed by atoms with E-state index in [4.69, 9.17) is 5.73 Å². The summed E-state index contributed by atoms with van der Waals surface area (Å²) in [5.41, 5.74) is 5.98. The number of primary amides is 1. The van der Waals surface area contributed by atoms with Gasteiger partial charge in [0.15, 0.2) is 0 Å². The van der Waals surface area contributed by atoms with Crippen LogP contribution >= 0.6 is 0 Å². The number of hydrogen-bond donors (Lipinski definition) is 5. The van der Waals surface area contributed by atoms with Crippen LogP contribution in [0.1, 0.15) is 32.8 Å². The lowest BCUT2D eigenvalue weighted by Gasteiger charge is -2.21. The maximum Gasteiger partial charge on any atom is 0.289 e. The number of carbonyl (C=O) groups is 6. The molecule has 35 heavy (non-hydrogen) atoms. The molecule has 0 radical (unpaired) electrons. The van der Waals surface area contributed by atoms with Crippen molar-refractivity contribution >= 4 is 46.1 Å². The summed E-state index contributed by atoms with van der Waals surface area (Å²) < 4.78 is 0. The smallest absolute Gasteiger partial charge is 0.289 e. The molecule has 186 valence electrons. The van der Waals surface area contributed by atoms with E-state index >= 15 is 0 Å². The summed E-state index contributed by atoms with van der Waals surface area (Å²) in [5, 5.41) is 11.4. The van der Waals surface area contributed by atoms with E-state index in [1.54, 1.807) is 0 Å². The maximum atomic E-state index is 12.6. The number of nitrogens with one attached hydrogen (secondary N) is 4. The Bertz CT molecular complexity index is 1140. The molecule has 0 fully saturated rings. The topological polar surface area (TPSA) is 177 Å². The molecule has 0 aromatic heterocycles. The second kappa shape index (κ2) is 12.3. The highest BCUT2D eigenvalue weighted by Gasteiger charge is 2.29. The molecule has 2 rings (SSSR count). The first-order chi connectivity index (χ1) is 16.5. The highest BCUT2D eigenvalue weighted by atomic mass is 16.2. The largest absolute Gasteiger partial charge is 0.370 e. The van der Waals surface area contributed by atoms with Gasteiger partial charge in [0.05, 0.1) is 12.5 Å². The Hall–Kier alpha value is -4.28. The molecule has 11 nitrogen and oxygen atoms in total. The SMILES string of the molecule is CC(=O)N[C@@H](C)C(=O)N[C@@H](CC(N)=O)C(=O)N[C@@H](C)C(=O)C(=O)NCc1cccc2ccccc12. The van der Waals surface area contributed by atoms with Crippen LogP contribution in [0.5, 0.6) is 0 Å². The minimum atomic E-state index is -1.40. The van der Waals surface area contributed by atoms with Crippen molar-refractivity contribution in [3.05, 3.63) is 48.0 Å². The van der Waals surface area contributed by atoms with E-state index in [0.717, 1.165) is 16.3 Å². The van der Waals surface area contributed by atoms with E-state index in [0.29, 0.717) is 0 Å². The average molecular weight is 484 g/mol. The number of amides is 5. The maximum absolute atomic E-state index is 12.6. The Morgan fingerprint density at radius 3 is 2.14 bits per heavy atom. The molecule has 0 aliphatic carbocycles. The molecule has 2 aromatic rings. The van der Waals surface area contributed by atoms with Gasteiger partial charge in [-0.3, -0.25) is 28.8 Å². The standard InChI is InChI=1S/C24H29N5O6/c1-13(28-23(34)19(11-20(25)31)29-22(33)14(2)27-15(3)30)21(32)24(35)26-12-17-9-6-8-16-7-4-5-10-18(16)17/h4-10,13-14,19H,11-12H2,1-3H3,(H2,25,31)(H,26,35)(H,27,30)(H,28,34)(H,29,33)/t13-,14-,19-/m0/s1. The number of rotatable bonds is 11. The van der Waals surface area contributed by atoms with Crippen molar-refractivity contribution in [3.8, 4) is 0 Å². The van der Waals surface area contributed by atoms with Gasteiger partial charge >= 0.3 is 0 Å². The summed E-state index contributed by atoms with van der Waals surface area (Å²) in [4.78, 5) is 72.3. The van der Waals surface area contributed by atoms with Gasteiger partial charge in [-0.1, -0.05) is 42.5 Å². The molecule has 0 saturated heterocycles.